The minimum Gasteiger partial charge on any atom is -0.366 e. The van der Waals surface area contributed by atoms with E-state index in [2.05, 4.69) is 25.6 Å². The quantitative estimate of drug-likeness (QED) is 0.478. The number of amides is 1. The first kappa shape index (κ1) is 25.0. The molecule has 180 valence electrons. The summed E-state index contributed by atoms with van der Waals surface area (Å²) >= 11 is 0. The highest BCUT2D eigenvalue weighted by molar-refractivity contribution is 5.93. The third-order valence-corrected chi connectivity index (χ3v) is 4.60. The van der Waals surface area contributed by atoms with Gasteiger partial charge in [0.2, 0.25) is 0 Å². The van der Waals surface area contributed by atoms with Gasteiger partial charge >= 0.3 is 6.18 Å². The molecule has 34 heavy (non-hydrogen) atoms. The molecule has 0 spiro atoms. The molecule has 0 atom stereocenters. The Balaban J connectivity index is 1.93. The lowest BCUT2D eigenvalue weighted by molar-refractivity contribution is -0.137. The Bertz CT molecular complexity index is 1170. The molecule has 1 aromatic carbocycles. The van der Waals surface area contributed by atoms with Crippen LogP contribution in [0.4, 0.5) is 27.8 Å². The van der Waals surface area contributed by atoms with Crippen molar-refractivity contribution >= 4 is 11.7 Å². The highest BCUT2D eigenvalue weighted by Gasteiger charge is 2.31. The standard InChI is InChI=1S/C22H21F5N6O/c1-33(2)6-5-29-21(34)18-9-19(30-11-13-3-4-16(23)8-17(13)24)32-20(31-18)14-7-15(12-28-10-14)22(25,26)27/h3-4,7-10,12H,5-6,11H2,1-2H3,(H,29,34)(H,30,31,32). The summed E-state index contributed by atoms with van der Waals surface area (Å²) in [6.07, 6.45) is -2.83. The first-order chi connectivity index (χ1) is 16.0. The first-order valence-corrected chi connectivity index (χ1v) is 10.1. The number of carbonyl (C=O) groups excluding carboxylic acids is 1. The molecule has 1 amide bonds. The summed E-state index contributed by atoms with van der Waals surface area (Å²) in [5.74, 6) is -2.21. The highest BCUT2D eigenvalue weighted by Crippen LogP contribution is 2.31. The maximum absolute atomic E-state index is 14.0. The van der Waals surface area contributed by atoms with Crippen molar-refractivity contribution in [2.24, 2.45) is 0 Å². The fourth-order valence-corrected chi connectivity index (χ4v) is 2.83. The van der Waals surface area contributed by atoms with E-state index in [1.54, 1.807) is 0 Å². The summed E-state index contributed by atoms with van der Waals surface area (Å²) in [4.78, 5) is 26.3. The second-order valence-corrected chi connectivity index (χ2v) is 7.57. The van der Waals surface area contributed by atoms with E-state index in [0.29, 0.717) is 19.3 Å². The molecule has 0 bridgehead atoms. The van der Waals surface area contributed by atoms with E-state index in [-0.39, 0.29) is 35.0 Å². The van der Waals surface area contributed by atoms with Gasteiger partial charge in [-0.15, -0.1) is 0 Å². The first-order valence-electron chi connectivity index (χ1n) is 10.1. The fraction of sp³-hybridized carbons (Fsp3) is 0.273. The predicted molar refractivity (Wildman–Crippen MR) is 115 cm³/mol. The second kappa shape index (κ2) is 10.5. The molecule has 0 radical (unpaired) electrons. The van der Waals surface area contributed by atoms with Crippen molar-refractivity contribution in [2.75, 3.05) is 32.5 Å². The zero-order chi connectivity index (χ0) is 24.9. The van der Waals surface area contributed by atoms with Crippen molar-refractivity contribution in [3.05, 3.63) is 71.2 Å². The van der Waals surface area contributed by atoms with Crippen molar-refractivity contribution in [1.82, 2.24) is 25.2 Å². The lowest BCUT2D eigenvalue weighted by atomic mass is 10.2. The fourth-order valence-electron chi connectivity index (χ4n) is 2.83. The topological polar surface area (TPSA) is 83.0 Å². The van der Waals surface area contributed by atoms with Crippen LogP contribution in [0.1, 0.15) is 21.6 Å². The molecule has 2 N–H and O–H groups in total. The minimum absolute atomic E-state index is 0.0592. The van der Waals surface area contributed by atoms with E-state index in [1.165, 1.54) is 12.1 Å². The van der Waals surface area contributed by atoms with E-state index in [9.17, 15) is 26.7 Å². The molecule has 0 saturated carbocycles. The number of likely N-dealkylation sites (N-methyl/N-ethyl adjacent to an activating group) is 1. The van der Waals surface area contributed by atoms with Crippen LogP contribution in [-0.2, 0) is 12.7 Å². The zero-order valence-corrected chi connectivity index (χ0v) is 18.2. The number of halogens is 5. The molecule has 3 rings (SSSR count). The Kier molecular flexibility index (Phi) is 7.72. The number of hydrogen-bond donors (Lipinski definition) is 2. The number of nitrogens with one attached hydrogen (secondary N) is 2. The van der Waals surface area contributed by atoms with E-state index >= 15 is 0 Å². The van der Waals surface area contributed by atoms with Crippen molar-refractivity contribution in [3.8, 4) is 11.4 Å². The third-order valence-electron chi connectivity index (χ3n) is 4.60. The summed E-state index contributed by atoms with van der Waals surface area (Å²) in [6, 6.07) is 5.16. The Morgan fingerprint density at radius 2 is 1.82 bits per heavy atom. The summed E-state index contributed by atoms with van der Waals surface area (Å²) in [7, 11) is 3.65. The number of alkyl halides is 3. The molecule has 12 heteroatoms. The Hall–Kier alpha value is -3.67. The molecule has 0 aliphatic carbocycles. The molecule has 2 heterocycles. The normalized spacial score (nSPS) is 11.5. The molecule has 0 aliphatic heterocycles. The average molecular weight is 480 g/mol. The molecule has 2 aromatic heterocycles. The molecule has 3 aromatic rings. The van der Waals surface area contributed by atoms with Crippen LogP contribution < -0.4 is 10.6 Å². The number of hydrogen-bond acceptors (Lipinski definition) is 6. The number of nitrogens with zero attached hydrogens (tertiary/aromatic N) is 4. The number of pyridine rings is 1. The van der Waals surface area contributed by atoms with Gasteiger partial charge in [-0.05, 0) is 26.2 Å². The zero-order valence-electron chi connectivity index (χ0n) is 18.2. The molecule has 7 nitrogen and oxygen atoms in total. The number of rotatable bonds is 8. The lowest BCUT2D eigenvalue weighted by Gasteiger charge is -2.13. The lowest BCUT2D eigenvalue weighted by Crippen LogP contribution is -2.32. The molecule has 0 fully saturated rings. The SMILES string of the molecule is CN(C)CCNC(=O)c1cc(NCc2ccc(F)cc2F)nc(-c2cncc(C(F)(F)F)c2)n1. The van der Waals surface area contributed by atoms with E-state index in [4.69, 9.17) is 0 Å². The Morgan fingerprint density at radius 3 is 2.50 bits per heavy atom. The number of aromatic nitrogens is 3. The van der Waals surface area contributed by atoms with Crippen LogP contribution in [0, 0.1) is 11.6 Å². The van der Waals surface area contributed by atoms with Crippen molar-refractivity contribution < 1.29 is 26.7 Å². The van der Waals surface area contributed by atoms with Crippen molar-refractivity contribution in [2.45, 2.75) is 12.7 Å². The van der Waals surface area contributed by atoms with Gasteiger partial charge in [0.25, 0.3) is 5.91 Å². The minimum atomic E-state index is -4.63. The Labute approximate surface area is 192 Å². The maximum atomic E-state index is 14.0. The van der Waals surface area contributed by atoms with Crippen LogP contribution >= 0.6 is 0 Å². The van der Waals surface area contributed by atoms with Gasteiger partial charge in [0, 0.05) is 55.3 Å². The molecule has 0 unspecified atom stereocenters. The highest BCUT2D eigenvalue weighted by atomic mass is 19.4. The Morgan fingerprint density at radius 1 is 1.06 bits per heavy atom. The van der Waals surface area contributed by atoms with Gasteiger partial charge < -0.3 is 15.5 Å². The van der Waals surface area contributed by atoms with Crippen LogP contribution in [0.5, 0.6) is 0 Å². The van der Waals surface area contributed by atoms with Gasteiger partial charge in [-0.1, -0.05) is 6.07 Å². The van der Waals surface area contributed by atoms with Gasteiger partial charge in [0.1, 0.15) is 23.1 Å². The van der Waals surface area contributed by atoms with Crippen molar-refractivity contribution in [3.63, 3.8) is 0 Å². The van der Waals surface area contributed by atoms with Crippen LogP contribution in [0.2, 0.25) is 0 Å². The number of anilines is 1. The summed E-state index contributed by atoms with van der Waals surface area (Å²) in [6.45, 7) is 0.737. The van der Waals surface area contributed by atoms with Crippen LogP contribution in [0.25, 0.3) is 11.4 Å². The summed E-state index contributed by atoms with van der Waals surface area (Å²) < 4.78 is 66.5. The van der Waals surface area contributed by atoms with Gasteiger partial charge in [-0.3, -0.25) is 9.78 Å². The summed E-state index contributed by atoms with van der Waals surface area (Å²) in [5.41, 5.74) is -1.05. The van der Waals surface area contributed by atoms with Gasteiger partial charge in [0.05, 0.1) is 5.56 Å². The molecular formula is C22H21F5N6O. The van der Waals surface area contributed by atoms with E-state index in [1.807, 2.05) is 19.0 Å². The van der Waals surface area contributed by atoms with Crippen LogP contribution in [0.15, 0.2) is 42.7 Å². The largest absolute Gasteiger partial charge is 0.417 e. The van der Waals surface area contributed by atoms with Gasteiger partial charge in [0.15, 0.2) is 5.82 Å². The van der Waals surface area contributed by atoms with E-state index in [0.717, 1.165) is 24.4 Å². The second-order valence-electron chi connectivity index (χ2n) is 7.57. The van der Waals surface area contributed by atoms with Gasteiger partial charge in [-0.2, -0.15) is 13.2 Å². The smallest absolute Gasteiger partial charge is 0.366 e. The number of carbonyl (C=O) groups is 1. The predicted octanol–water partition coefficient (Wildman–Crippen LogP) is 3.74. The third kappa shape index (κ3) is 6.67. The van der Waals surface area contributed by atoms with E-state index < -0.39 is 29.3 Å². The average Bonchev–Trinajstić information content (AvgIpc) is 2.77. The monoisotopic (exact) mass is 480 g/mol. The number of benzene rings is 1. The van der Waals surface area contributed by atoms with Crippen LogP contribution in [0.3, 0.4) is 0 Å². The van der Waals surface area contributed by atoms with Crippen molar-refractivity contribution in [1.29, 1.82) is 0 Å². The molecular weight excluding hydrogens is 459 g/mol. The molecule has 0 aliphatic rings. The van der Waals surface area contributed by atoms with Crippen LogP contribution in [-0.4, -0.2) is 52.9 Å². The molecule has 0 saturated heterocycles. The van der Waals surface area contributed by atoms with Gasteiger partial charge in [-0.25, -0.2) is 18.7 Å². The maximum Gasteiger partial charge on any atom is 0.417 e. The summed E-state index contributed by atoms with van der Waals surface area (Å²) in [5, 5.41) is 5.47.